The van der Waals surface area contributed by atoms with E-state index in [2.05, 4.69) is 18.3 Å². The van der Waals surface area contributed by atoms with Crippen molar-refractivity contribution in [3.8, 4) is 0 Å². The van der Waals surface area contributed by atoms with E-state index in [4.69, 9.17) is 0 Å². The maximum Gasteiger partial charge on any atom is 0.216 e. The van der Waals surface area contributed by atoms with Crippen LogP contribution in [-0.4, -0.2) is 12.5 Å². The van der Waals surface area contributed by atoms with Crippen molar-refractivity contribution in [1.29, 1.82) is 0 Å². The van der Waals surface area contributed by atoms with Crippen molar-refractivity contribution in [2.24, 2.45) is 0 Å². The molecule has 1 N–H and O–H groups in total. The van der Waals surface area contributed by atoms with Gasteiger partial charge in [-0.2, -0.15) is 0 Å². The minimum Gasteiger partial charge on any atom is -0.356 e. The third kappa shape index (κ3) is 7.06. The molecule has 0 aliphatic rings. The van der Waals surface area contributed by atoms with Crippen LogP contribution in [0.2, 0.25) is 0 Å². The fraction of sp³-hybridized carbons (Fsp3) is 0.500. The smallest absolute Gasteiger partial charge is 0.216 e. The van der Waals surface area contributed by atoms with Crippen molar-refractivity contribution in [1.82, 2.24) is 5.32 Å². The summed E-state index contributed by atoms with van der Waals surface area (Å²) in [5.74, 6) is 0.0360. The highest BCUT2D eigenvalue weighted by Gasteiger charge is 1.90. The second-order valence-electron chi connectivity index (χ2n) is 2.77. The zero-order chi connectivity index (χ0) is 9.40. The van der Waals surface area contributed by atoms with Gasteiger partial charge in [-0.05, 0) is 20.3 Å². The predicted octanol–water partition coefficient (Wildman–Crippen LogP) is 2.04. The Morgan fingerprint density at radius 2 is 2.08 bits per heavy atom. The zero-order valence-corrected chi connectivity index (χ0v) is 8.05. The molecule has 0 spiro atoms. The Hall–Kier alpha value is -1.05. The van der Waals surface area contributed by atoms with Gasteiger partial charge in [0.15, 0.2) is 0 Å². The van der Waals surface area contributed by atoms with Crippen molar-refractivity contribution in [2.45, 2.75) is 27.2 Å². The standard InChI is InChI=1S/C10H17NO/c1-4-5-6-9(2)7-8-11-10(3)12/h4-6H,7-8H2,1-3H3,(H,11,12). The van der Waals surface area contributed by atoms with E-state index >= 15 is 0 Å². The number of amides is 1. The Balaban J connectivity index is 3.56. The van der Waals surface area contributed by atoms with Crippen LogP contribution in [0, 0.1) is 0 Å². The zero-order valence-electron chi connectivity index (χ0n) is 8.05. The Morgan fingerprint density at radius 1 is 1.42 bits per heavy atom. The van der Waals surface area contributed by atoms with E-state index in [0.29, 0.717) is 0 Å². The van der Waals surface area contributed by atoms with Gasteiger partial charge in [0.1, 0.15) is 0 Å². The molecule has 0 fully saturated rings. The molecular formula is C10H17NO. The van der Waals surface area contributed by atoms with Crippen LogP contribution in [0.25, 0.3) is 0 Å². The van der Waals surface area contributed by atoms with Gasteiger partial charge in [0.25, 0.3) is 0 Å². The minimum atomic E-state index is 0.0360. The molecule has 0 radical (unpaired) electrons. The first-order valence-electron chi connectivity index (χ1n) is 4.19. The highest BCUT2D eigenvalue weighted by atomic mass is 16.1. The summed E-state index contributed by atoms with van der Waals surface area (Å²) in [4.78, 5) is 10.5. The summed E-state index contributed by atoms with van der Waals surface area (Å²) < 4.78 is 0. The topological polar surface area (TPSA) is 29.1 Å². The lowest BCUT2D eigenvalue weighted by atomic mass is 10.2. The summed E-state index contributed by atoms with van der Waals surface area (Å²) in [5.41, 5.74) is 1.28. The SMILES string of the molecule is CC=CC=C(C)CCNC(C)=O. The lowest BCUT2D eigenvalue weighted by Crippen LogP contribution is -2.20. The van der Waals surface area contributed by atoms with E-state index in [0.717, 1.165) is 13.0 Å². The molecule has 0 aromatic carbocycles. The van der Waals surface area contributed by atoms with Crippen LogP contribution in [0.5, 0.6) is 0 Å². The van der Waals surface area contributed by atoms with Crippen LogP contribution in [0.4, 0.5) is 0 Å². The molecule has 0 heterocycles. The first kappa shape index (κ1) is 11.0. The van der Waals surface area contributed by atoms with Crippen LogP contribution in [0.3, 0.4) is 0 Å². The van der Waals surface area contributed by atoms with Gasteiger partial charge in [0.05, 0.1) is 0 Å². The molecule has 0 aliphatic carbocycles. The number of allylic oxidation sites excluding steroid dienone is 3. The van der Waals surface area contributed by atoms with E-state index in [9.17, 15) is 4.79 Å². The predicted molar refractivity (Wildman–Crippen MR) is 51.9 cm³/mol. The largest absolute Gasteiger partial charge is 0.356 e. The normalized spacial score (nSPS) is 12.1. The first-order chi connectivity index (χ1) is 5.66. The summed E-state index contributed by atoms with van der Waals surface area (Å²) >= 11 is 0. The third-order valence-electron chi connectivity index (χ3n) is 1.47. The van der Waals surface area contributed by atoms with Crippen LogP contribution in [0.1, 0.15) is 27.2 Å². The summed E-state index contributed by atoms with van der Waals surface area (Å²) in [7, 11) is 0. The molecule has 0 atom stereocenters. The molecule has 12 heavy (non-hydrogen) atoms. The van der Waals surface area contributed by atoms with Crippen molar-refractivity contribution >= 4 is 5.91 Å². The number of rotatable bonds is 4. The second kappa shape index (κ2) is 6.65. The van der Waals surface area contributed by atoms with E-state index in [-0.39, 0.29) is 5.91 Å². The molecule has 0 aliphatic heterocycles. The van der Waals surface area contributed by atoms with Crippen LogP contribution < -0.4 is 5.32 Å². The molecule has 2 heteroatoms. The Bertz CT molecular complexity index is 192. The fourth-order valence-electron chi connectivity index (χ4n) is 0.780. The monoisotopic (exact) mass is 167 g/mol. The molecule has 0 rings (SSSR count). The number of hydrogen-bond donors (Lipinski definition) is 1. The van der Waals surface area contributed by atoms with Crippen molar-refractivity contribution in [3.05, 3.63) is 23.8 Å². The number of hydrogen-bond acceptors (Lipinski definition) is 1. The number of carbonyl (C=O) groups is 1. The highest BCUT2D eigenvalue weighted by molar-refractivity contribution is 5.72. The third-order valence-corrected chi connectivity index (χ3v) is 1.47. The van der Waals surface area contributed by atoms with Gasteiger partial charge in [-0.3, -0.25) is 4.79 Å². The van der Waals surface area contributed by atoms with Gasteiger partial charge >= 0.3 is 0 Å². The average molecular weight is 167 g/mol. The molecular weight excluding hydrogens is 150 g/mol. The maximum atomic E-state index is 10.5. The van der Waals surface area contributed by atoms with Gasteiger partial charge in [-0.15, -0.1) is 0 Å². The van der Waals surface area contributed by atoms with Gasteiger partial charge in [0.2, 0.25) is 5.91 Å². The van der Waals surface area contributed by atoms with Crippen LogP contribution in [-0.2, 0) is 4.79 Å². The second-order valence-corrected chi connectivity index (χ2v) is 2.77. The fourth-order valence-corrected chi connectivity index (χ4v) is 0.780. The highest BCUT2D eigenvalue weighted by Crippen LogP contribution is 1.97. The lowest BCUT2D eigenvalue weighted by molar-refractivity contribution is -0.118. The molecule has 0 saturated carbocycles. The van der Waals surface area contributed by atoms with Crippen LogP contribution >= 0.6 is 0 Å². The van der Waals surface area contributed by atoms with Gasteiger partial charge < -0.3 is 5.32 Å². The Morgan fingerprint density at radius 3 is 2.58 bits per heavy atom. The van der Waals surface area contributed by atoms with Crippen molar-refractivity contribution in [3.63, 3.8) is 0 Å². The van der Waals surface area contributed by atoms with E-state index in [1.807, 2.05) is 19.1 Å². The molecule has 0 aromatic heterocycles. The summed E-state index contributed by atoms with van der Waals surface area (Å²) in [5, 5.41) is 2.75. The average Bonchev–Trinajstić information content (AvgIpc) is 2.00. The van der Waals surface area contributed by atoms with Gasteiger partial charge in [0, 0.05) is 13.5 Å². The van der Waals surface area contributed by atoms with E-state index < -0.39 is 0 Å². The van der Waals surface area contributed by atoms with Gasteiger partial charge in [-0.25, -0.2) is 0 Å². The number of nitrogens with one attached hydrogen (secondary N) is 1. The van der Waals surface area contributed by atoms with Crippen molar-refractivity contribution < 1.29 is 4.79 Å². The molecule has 0 saturated heterocycles. The summed E-state index contributed by atoms with van der Waals surface area (Å²) in [6.45, 7) is 6.31. The molecule has 0 bridgehead atoms. The minimum absolute atomic E-state index is 0.0360. The Kier molecular flexibility index (Phi) is 6.07. The van der Waals surface area contributed by atoms with Gasteiger partial charge in [-0.1, -0.05) is 23.8 Å². The molecule has 2 nitrogen and oxygen atoms in total. The molecule has 0 unspecified atom stereocenters. The quantitative estimate of drug-likeness (QED) is 0.638. The van der Waals surface area contributed by atoms with E-state index in [1.165, 1.54) is 12.5 Å². The first-order valence-corrected chi connectivity index (χ1v) is 4.19. The maximum absolute atomic E-state index is 10.5. The summed E-state index contributed by atoms with van der Waals surface area (Å²) in [6.07, 6.45) is 6.97. The molecule has 1 amide bonds. The van der Waals surface area contributed by atoms with E-state index in [1.54, 1.807) is 0 Å². The molecule has 68 valence electrons. The van der Waals surface area contributed by atoms with Crippen molar-refractivity contribution in [2.75, 3.05) is 6.54 Å². The van der Waals surface area contributed by atoms with Crippen LogP contribution in [0.15, 0.2) is 23.8 Å². The molecule has 0 aromatic rings. The lowest BCUT2D eigenvalue weighted by Gasteiger charge is -2.00. The number of carbonyl (C=O) groups excluding carboxylic acids is 1. The Labute approximate surface area is 74.4 Å². The summed E-state index contributed by atoms with van der Waals surface area (Å²) in [6, 6.07) is 0.